The molecule has 24 heavy (non-hydrogen) atoms. The molecular weight excluding hydrogens is 332 g/mol. The minimum atomic E-state index is 0.349. The van der Waals surface area contributed by atoms with Crippen molar-refractivity contribution in [3.8, 4) is 0 Å². The molecule has 130 valence electrons. The van der Waals surface area contributed by atoms with Crippen LogP contribution in [0.25, 0.3) is 0 Å². The Bertz CT molecular complexity index is 587. The quantitative estimate of drug-likeness (QED) is 0.594. The van der Waals surface area contributed by atoms with Crippen LogP contribution in [0.4, 0.5) is 0 Å². The van der Waals surface area contributed by atoms with Gasteiger partial charge in [-0.1, -0.05) is 37.6 Å². The smallest absolute Gasteiger partial charge is 0.0946 e. The molecule has 0 radical (unpaired) electrons. The zero-order valence-electron chi connectivity index (χ0n) is 14.6. The molecule has 0 N–H and O–H groups in total. The number of hydrogen-bond acceptors (Lipinski definition) is 3. The lowest BCUT2D eigenvalue weighted by atomic mass is 10.0. The number of aryl methyl sites for hydroxylation is 2. The average molecular weight is 361 g/mol. The summed E-state index contributed by atoms with van der Waals surface area (Å²) < 4.78 is 2.59. The van der Waals surface area contributed by atoms with Gasteiger partial charge in [0, 0.05) is 30.4 Å². The van der Waals surface area contributed by atoms with E-state index in [-0.39, 0.29) is 0 Å². The van der Waals surface area contributed by atoms with Crippen LogP contribution >= 0.6 is 23.5 Å². The summed E-state index contributed by atoms with van der Waals surface area (Å²) in [5.74, 6) is 2.57. The third-order valence-corrected chi connectivity index (χ3v) is 8.16. The van der Waals surface area contributed by atoms with Crippen molar-refractivity contribution in [3.05, 3.63) is 54.1 Å². The minimum Gasteiger partial charge on any atom is -0.335 e. The zero-order chi connectivity index (χ0) is 16.7. The molecule has 1 aliphatic heterocycles. The van der Waals surface area contributed by atoms with E-state index in [1.807, 2.05) is 12.5 Å². The Labute approximate surface area is 154 Å². The summed E-state index contributed by atoms with van der Waals surface area (Å²) in [6.07, 6.45) is 13.5. The highest BCUT2D eigenvalue weighted by molar-refractivity contribution is 8.21. The topological polar surface area (TPSA) is 17.8 Å². The third-order valence-electron chi connectivity index (χ3n) is 4.66. The second kappa shape index (κ2) is 9.00. The first kappa shape index (κ1) is 17.9. The average Bonchev–Trinajstić information content (AvgIpc) is 3.27. The summed E-state index contributed by atoms with van der Waals surface area (Å²) in [4.78, 5) is 4.20. The van der Waals surface area contributed by atoms with Crippen LogP contribution in [0.15, 0.2) is 43.0 Å². The third kappa shape index (κ3) is 5.06. The first-order valence-electron chi connectivity index (χ1n) is 9.11. The number of imidazole rings is 1. The predicted molar refractivity (Wildman–Crippen MR) is 108 cm³/mol. The molecule has 2 heterocycles. The van der Waals surface area contributed by atoms with Crippen LogP contribution in [0.5, 0.6) is 0 Å². The van der Waals surface area contributed by atoms with Gasteiger partial charge in [-0.25, -0.2) is 4.98 Å². The molecule has 4 heteroatoms. The fourth-order valence-electron chi connectivity index (χ4n) is 3.29. The van der Waals surface area contributed by atoms with Gasteiger partial charge in [-0.15, -0.1) is 23.5 Å². The van der Waals surface area contributed by atoms with E-state index in [0.29, 0.717) is 4.08 Å². The number of thioether (sulfide) groups is 2. The normalized spacial score (nSPS) is 16.5. The number of hydrogen-bond donors (Lipinski definition) is 0. The number of rotatable bonds is 9. The van der Waals surface area contributed by atoms with Crippen molar-refractivity contribution in [1.82, 2.24) is 9.55 Å². The van der Waals surface area contributed by atoms with Crippen molar-refractivity contribution in [3.63, 3.8) is 0 Å². The lowest BCUT2D eigenvalue weighted by molar-refractivity contribution is 0.572. The Kier molecular flexibility index (Phi) is 6.73. The highest BCUT2D eigenvalue weighted by atomic mass is 32.2. The van der Waals surface area contributed by atoms with Crippen LogP contribution in [0.2, 0.25) is 0 Å². The summed E-state index contributed by atoms with van der Waals surface area (Å²) in [5.41, 5.74) is 2.97. The fourth-order valence-corrected chi connectivity index (χ4v) is 6.59. The molecule has 2 aromatic rings. The predicted octanol–water partition coefficient (Wildman–Crippen LogP) is 5.42. The molecule has 1 fully saturated rings. The fraction of sp³-hybridized carbons (Fsp3) is 0.550. The van der Waals surface area contributed by atoms with E-state index in [4.69, 9.17) is 0 Å². The van der Waals surface area contributed by atoms with Crippen LogP contribution in [0.1, 0.15) is 43.7 Å². The Morgan fingerprint density at radius 2 is 1.71 bits per heavy atom. The van der Waals surface area contributed by atoms with Gasteiger partial charge in [0.05, 0.1) is 10.4 Å². The van der Waals surface area contributed by atoms with Gasteiger partial charge in [0.25, 0.3) is 0 Å². The summed E-state index contributed by atoms with van der Waals surface area (Å²) in [7, 11) is 0. The zero-order valence-corrected chi connectivity index (χ0v) is 16.2. The first-order chi connectivity index (χ1) is 11.8. The van der Waals surface area contributed by atoms with Crippen LogP contribution in [0.3, 0.4) is 0 Å². The summed E-state index contributed by atoms with van der Waals surface area (Å²) in [6, 6.07) is 9.32. The Balaban J connectivity index is 1.50. The van der Waals surface area contributed by atoms with Gasteiger partial charge in [-0.2, -0.15) is 0 Å². The molecule has 2 nitrogen and oxygen atoms in total. The Hall–Kier alpha value is -0.870. The van der Waals surface area contributed by atoms with Crippen molar-refractivity contribution in [2.24, 2.45) is 0 Å². The summed E-state index contributed by atoms with van der Waals surface area (Å²) in [5, 5.41) is 0. The molecule has 1 saturated heterocycles. The van der Waals surface area contributed by atoms with Crippen LogP contribution in [0, 0.1) is 0 Å². The second-order valence-corrected chi connectivity index (χ2v) is 9.83. The van der Waals surface area contributed by atoms with E-state index in [2.05, 4.69) is 70.5 Å². The number of nitrogens with zero attached hydrogens (tertiary/aromatic N) is 2. The largest absolute Gasteiger partial charge is 0.335 e. The summed E-state index contributed by atoms with van der Waals surface area (Å²) in [6.45, 7) is 3.34. The van der Waals surface area contributed by atoms with Crippen molar-refractivity contribution < 1.29 is 0 Å². The number of aromatic nitrogens is 2. The Morgan fingerprint density at radius 1 is 1.04 bits per heavy atom. The maximum Gasteiger partial charge on any atom is 0.0946 e. The summed E-state index contributed by atoms with van der Waals surface area (Å²) >= 11 is 4.30. The second-order valence-electron chi connectivity index (χ2n) is 6.62. The first-order valence-corrected chi connectivity index (χ1v) is 11.1. The van der Waals surface area contributed by atoms with Crippen molar-refractivity contribution >= 4 is 23.5 Å². The van der Waals surface area contributed by atoms with Gasteiger partial charge < -0.3 is 4.57 Å². The van der Waals surface area contributed by atoms with Crippen LogP contribution in [-0.2, 0) is 19.4 Å². The van der Waals surface area contributed by atoms with Crippen LogP contribution in [-0.4, -0.2) is 25.1 Å². The van der Waals surface area contributed by atoms with Gasteiger partial charge in [-0.05, 0) is 43.2 Å². The van der Waals surface area contributed by atoms with E-state index >= 15 is 0 Å². The molecule has 0 spiro atoms. The molecule has 0 bridgehead atoms. The van der Waals surface area contributed by atoms with E-state index in [9.17, 15) is 0 Å². The molecule has 1 aromatic carbocycles. The van der Waals surface area contributed by atoms with E-state index < -0.39 is 0 Å². The SMILES string of the molecule is CCCCc1ccc(CCCC2(Cn3ccnc3)SCCS2)cc1. The van der Waals surface area contributed by atoms with E-state index in [0.717, 1.165) is 6.54 Å². The maximum absolute atomic E-state index is 4.20. The maximum atomic E-state index is 4.20. The van der Waals surface area contributed by atoms with Crippen molar-refractivity contribution in [2.45, 2.75) is 56.1 Å². The number of benzene rings is 1. The van der Waals surface area contributed by atoms with E-state index in [1.165, 1.54) is 61.2 Å². The van der Waals surface area contributed by atoms with E-state index in [1.54, 1.807) is 0 Å². The van der Waals surface area contributed by atoms with Crippen LogP contribution < -0.4 is 0 Å². The molecule has 0 atom stereocenters. The molecular formula is C20H28N2S2. The molecule has 1 aliphatic rings. The molecule has 0 aliphatic carbocycles. The molecule has 3 rings (SSSR count). The van der Waals surface area contributed by atoms with Crippen molar-refractivity contribution in [2.75, 3.05) is 11.5 Å². The number of unbranched alkanes of at least 4 members (excludes halogenated alkanes) is 1. The van der Waals surface area contributed by atoms with Gasteiger partial charge in [0.1, 0.15) is 0 Å². The van der Waals surface area contributed by atoms with Gasteiger partial charge in [0.2, 0.25) is 0 Å². The van der Waals surface area contributed by atoms with Gasteiger partial charge >= 0.3 is 0 Å². The lowest BCUT2D eigenvalue weighted by Gasteiger charge is -2.27. The van der Waals surface area contributed by atoms with Gasteiger partial charge in [-0.3, -0.25) is 0 Å². The lowest BCUT2D eigenvalue weighted by Crippen LogP contribution is -2.24. The Morgan fingerprint density at radius 3 is 2.29 bits per heavy atom. The van der Waals surface area contributed by atoms with Gasteiger partial charge in [0.15, 0.2) is 0 Å². The monoisotopic (exact) mass is 360 g/mol. The molecule has 0 amide bonds. The molecule has 0 unspecified atom stereocenters. The highest BCUT2D eigenvalue weighted by Gasteiger charge is 2.35. The highest BCUT2D eigenvalue weighted by Crippen LogP contribution is 2.48. The molecule has 1 aromatic heterocycles. The standard InChI is InChI=1S/C20H28N2S2/c1-2-3-5-18-7-9-19(10-8-18)6-4-11-20(23-14-15-24-20)16-22-13-12-21-17-22/h7-10,12-13,17H,2-6,11,14-16H2,1H3. The minimum absolute atomic E-state index is 0.349. The van der Waals surface area contributed by atoms with Crippen molar-refractivity contribution in [1.29, 1.82) is 0 Å². The molecule has 0 saturated carbocycles.